The van der Waals surface area contributed by atoms with Gasteiger partial charge in [0.2, 0.25) is 0 Å². The summed E-state index contributed by atoms with van der Waals surface area (Å²) in [5, 5.41) is 7.52. The summed E-state index contributed by atoms with van der Waals surface area (Å²) in [5.74, 6) is 0.00977. The lowest BCUT2D eigenvalue weighted by atomic mass is 9.95. The molecule has 3 unspecified atom stereocenters. The molecule has 2 bridgehead atoms. The Labute approximate surface area is 118 Å². The van der Waals surface area contributed by atoms with Crippen molar-refractivity contribution in [2.75, 3.05) is 0 Å². The van der Waals surface area contributed by atoms with E-state index in [0.29, 0.717) is 17.8 Å². The number of carbonyl (C=O) groups is 1. The van der Waals surface area contributed by atoms with Gasteiger partial charge in [0.15, 0.2) is 0 Å². The predicted octanol–water partition coefficient (Wildman–Crippen LogP) is 2.05. The number of fused-ring (bicyclic) bond motifs is 2. The molecule has 108 valence electrons. The first-order valence-electron chi connectivity index (χ1n) is 7.81. The second-order valence-electron chi connectivity index (χ2n) is 6.29. The number of hydrogen-bond acceptors (Lipinski definition) is 3. The summed E-state index contributed by atoms with van der Waals surface area (Å²) < 4.78 is 7.72. The van der Waals surface area contributed by atoms with Gasteiger partial charge in [-0.2, -0.15) is 5.10 Å². The van der Waals surface area contributed by atoms with Crippen LogP contribution in [0.15, 0.2) is 12.3 Å². The Morgan fingerprint density at radius 2 is 2.15 bits per heavy atom. The van der Waals surface area contributed by atoms with Crippen LogP contribution in [0.3, 0.4) is 0 Å². The van der Waals surface area contributed by atoms with Gasteiger partial charge in [0, 0.05) is 6.20 Å². The van der Waals surface area contributed by atoms with Gasteiger partial charge in [-0.1, -0.05) is 12.8 Å². The highest BCUT2D eigenvalue weighted by Crippen LogP contribution is 2.34. The van der Waals surface area contributed by atoms with Gasteiger partial charge in [-0.3, -0.25) is 9.48 Å². The van der Waals surface area contributed by atoms with Gasteiger partial charge in [0.05, 0.1) is 24.3 Å². The fourth-order valence-electron chi connectivity index (χ4n) is 3.97. The Balaban J connectivity index is 1.47. The summed E-state index contributed by atoms with van der Waals surface area (Å²) in [4.78, 5) is 12.5. The van der Waals surface area contributed by atoms with Crippen molar-refractivity contribution >= 4 is 5.91 Å². The Kier molecular flexibility index (Phi) is 3.02. The van der Waals surface area contributed by atoms with E-state index in [0.717, 1.165) is 32.1 Å². The summed E-state index contributed by atoms with van der Waals surface area (Å²) in [6.45, 7) is 0. The van der Waals surface area contributed by atoms with E-state index in [1.165, 1.54) is 12.8 Å². The predicted molar refractivity (Wildman–Crippen MR) is 73.5 cm³/mol. The minimum absolute atomic E-state index is 0.00977. The average molecular weight is 275 g/mol. The molecule has 1 N–H and O–H groups in total. The highest BCUT2D eigenvalue weighted by atomic mass is 16.5. The summed E-state index contributed by atoms with van der Waals surface area (Å²) in [6, 6.07) is 2.43. The van der Waals surface area contributed by atoms with E-state index in [1.54, 1.807) is 6.20 Å². The van der Waals surface area contributed by atoms with Crippen LogP contribution in [-0.4, -0.2) is 33.9 Å². The van der Waals surface area contributed by atoms with Gasteiger partial charge in [-0.25, -0.2) is 0 Å². The molecule has 1 aromatic rings. The quantitative estimate of drug-likeness (QED) is 0.918. The van der Waals surface area contributed by atoms with Crippen LogP contribution in [0.2, 0.25) is 0 Å². The number of rotatable bonds is 3. The van der Waals surface area contributed by atoms with Crippen molar-refractivity contribution in [2.45, 2.75) is 69.2 Å². The van der Waals surface area contributed by atoms with Crippen molar-refractivity contribution in [3.63, 3.8) is 0 Å². The summed E-state index contributed by atoms with van der Waals surface area (Å²) in [6.07, 6.45) is 10.3. The molecule has 5 nitrogen and oxygen atoms in total. The van der Waals surface area contributed by atoms with Crippen LogP contribution in [0.4, 0.5) is 0 Å². The highest BCUT2D eigenvalue weighted by molar-refractivity contribution is 5.92. The van der Waals surface area contributed by atoms with Crippen LogP contribution >= 0.6 is 0 Å². The SMILES string of the molecule is O=C(NC1CC2CCC1O2)c1ccnn1C1CCCC1. The number of carbonyl (C=O) groups excluding carboxylic acids is 1. The van der Waals surface area contributed by atoms with Gasteiger partial charge in [-0.15, -0.1) is 0 Å². The van der Waals surface area contributed by atoms with Crippen LogP contribution in [0.1, 0.15) is 61.5 Å². The van der Waals surface area contributed by atoms with Crippen LogP contribution in [0.25, 0.3) is 0 Å². The zero-order valence-electron chi connectivity index (χ0n) is 11.6. The molecule has 0 radical (unpaired) electrons. The summed E-state index contributed by atoms with van der Waals surface area (Å²) >= 11 is 0. The smallest absolute Gasteiger partial charge is 0.269 e. The van der Waals surface area contributed by atoms with Gasteiger partial charge in [0.25, 0.3) is 5.91 Å². The Morgan fingerprint density at radius 3 is 2.85 bits per heavy atom. The van der Waals surface area contributed by atoms with Crippen LogP contribution in [-0.2, 0) is 4.74 Å². The monoisotopic (exact) mass is 275 g/mol. The fourth-order valence-corrected chi connectivity index (χ4v) is 3.97. The molecule has 3 aliphatic rings. The first kappa shape index (κ1) is 12.4. The van der Waals surface area contributed by atoms with E-state index < -0.39 is 0 Å². The van der Waals surface area contributed by atoms with E-state index in [1.807, 2.05) is 10.7 Å². The third-order valence-electron chi connectivity index (χ3n) is 5.00. The van der Waals surface area contributed by atoms with E-state index in [2.05, 4.69) is 10.4 Å². The summed E-state index contributed by atoms with van der Waals surface area (Å²) in [7, 11) is 0. The van der Waals surface area contributed by atoms with E-state index in [4.69, 9.17) is 4.74 Å². The highest BCUT2D eigenvalue weighted by Gasteiger charge is 2.41. The van der Waals surface area contributed by atoms with Crippen molar-refractivity contribution in [1.82, 2.24) is 15.1 Å². The third kappa shape index (κ3) is 2.04. The molecule has 1 aromatic heterocycles. The van der Waals surface area contributed by atoms with Crippen molar-refractivity contribution in [1.29, 1.82) is 0 Å². The van der Waals surface area contributed by atoms with Crippen molar-refractivity contribution in [3.8, 4) is 0 Å². The molecule has 3 fully saturated rings. The maximum atomic E-state index is 12.5. The molecule has 5 heteroatoms. The number of ether oxygens (including phenoxy) is 1. The number of nitrogens with zero attached hydrogens (tertiary/aromatic N) is 2. The zero-order chi connectivity index (χ0) is 13.5. The maximum absolute atomic E-state index is 12.5. The Morgan fingerprint density at radius 1 is 1.30 bits per heavy atom. The first-order chi connectivity index (χ1) is 9.81. The minimum Gasteiger partial charge on any atom is -0.373 e. The number of aromatic nitrogens is 2. The molecule has 1 amide bonds. The molecule has 2 saturated heterocycles. The second kappa shape index (κ2) is 4.88. The van der Waals surface area contributed by atoms with Crippen molar-refractivity contribution in [3.05, 3.63) is 18.0 Å². The zero-order valence-corrected chi connectivity index (χ0v) is 11.6. The molecule has 20 heavy (non-hydrogen) atoms. The molecular formula is C15H21N3O2. The third-order valence-corrected chi connectivity index (χ3v) is 5.00. The molecule has 0 aromatic carbocycles. The number of nitrogens with one attached hydrogen (secondary N) is 1. The van der Waals surface area contributed by atoms with Crippen molar-refractivity contribution in [2.24, 2.45) is 0 Å². The van der Waals surface area contributed by atoms with Gasteiger partial charge in [-0.05, 0) is 38.2 Å². The van der Waals surface area contributed by atoms with Crippen molar-refractivity contribution < 1.29 is 9.53 Å². The molecule has 2 aliphatic heterocycles. The lowest BCUT2D eigenvalue weighted by molar-refractivity contribution is 0.0831. The lowest BCUT2D eigenvalue weighted by Crippen LogP contribution is -2.42. The first-order valence-corrected chi connectivity index (χ1v) is 7.81. The number of amides is 1. The molecule has 3 heterocycles. The fraction of sp³-hybridized carbons (Fsp3) is 0.733. The number of hydrogen-bond donors (Lipinski definition) is 1. The Bertz CT molecular complexity index is 507. The second-order valence-corrected chi connectivity index (χ2v) is 6.29. The molecule has 1 saturated carbocycles. The van der Waals surface area contributed by atoms with E-state index >= 15 is 0 Å². The standard InChI is InChI=1S/C15H21N3O2/c19-15(17-12-9-11-5-6-14(12)20-11)13-7-8-16-18(13)10-3-1-2-4-10/h7-8,10-12,14H,1-6,9H2,(H,17,19). The van der Waals surface area contributed by atoms with Crippen LogP contribution in [0.5, 0.6) is 0 Å². The van der Waals surface area contributed by atoms with Crippen LogP contribution < -0.4 is 5.32 Å². The Hall–Kier alpha value is -1.36. The minimum atomic E-state index is 0.00977. The van der Waals surface area contributed by atoms with Gasteiger partial charge >= 0.3 is 0 Å². The van der Waals surface area contributed by atoms with E-state index in [9.17, 15) is 4.79 Å². The largest absolute Gasteiger partial charge is 0.373 e. The summed E-state index contributed by atoms with van der Waals surface area (Å²) in [5.41, 5.74) is 0.708. The topological polar surface area (TPSA) is 56.1 Å². The molecule has 1 aliphatic carbocycles. The van der Waals surface area contributed by atoms with Gasteiger partial charge < -0.3 is 10.1 Å². The van der Waals surface area contributed by atoms with E-state index in [-0.39, 0.29) is 18.1 Å². The van der Waals surface area contributed by atoms with Gasteiger partial charge in [0.1, 0.15) is 5.69 Å². The molecule has 0 spiro atoms. The normalized spacial score (nSPS) is 32.9. The average Bonchev–Trinajstić information content (AvgIpc) is 3.21. The molecule has 4 rings (SSSR count). The van der Waals surface area contributed by atoms with Crippen LogP contribution in [0, 0.1) is 0 Å². The molecule has 3 atom stereocenters. The maximum Gasteiger partial charge on any atom is 0.269 e. The molecular weight excluding hydrogens is 254 g/mol. The lowest BCUT2D eigenvalue weighted by Gasteiger charge is -2.21.